The topological polar surface area (TPSA) is 111 Å². The first-order valence-corrected chi connectivity index (χ1v) is 16.6. The maximum atomic E-state index is 15.4. The predicted molar refractivity (Wildman–Crippen MR) is 179 cm³/mol. The molecule has 0 radical (unpaired) electrons. The molecule has 0 spiro atoms. The van der Waals surface area contributed by atoms with Crippen molar-refractivity contribution in [2.24, 2.45) is 11.3 Å². The number of rotatable bonds is 11. The Morgan fingerprint density at radius 2 is 1.61 bits per heavy atom. The van der Waals surface area contributed by atoms with Crippen LogP contribution >= 0.6 is 0 Å². The number of carbonyl (C=O) groups excluding carboxylic acids is 2. The summed E-state index contributed by atoms with van der Waals surface area (Å²) in [5.74, 6) is -0.145. The number of carbonyl (C=O) groups is 2. The minimum absolute atomic E-state index is 0.0574. The zero-order valence-electron chi connectivity index (χ0n) is 27.2. The number of hydrogen-bond donors (Lipinski definition) is 2. The molecule has 12 heteroatoms. The number of methoxy groups -OCH3 is 1. The van der Waals surface area contributed by atoms with Crippen molar-refractivity contribution in [2.45, 2.75) is 38.2 Å². The van der Waals surface area contributed by atoms with Gasteiger partial charge in [-0.05, 0) is 80.1 Å². The molecule has 0 unspecified atom stereocenters. The smallest absolute Gasteiger partial charge is 0.240 e. The third kappa shape index (κ3) is 7.02. The molecule has 2 saturated carbocycles. The fraction of sp³-hybridized carbons (Fsp3) is 0.378. The van der Waals surface area contributed by atoms with Crippen LogP contribution in [-0.2, 0) is 14.3 Å². The number of benzene rings is 3. The third-order valence-corrected chi connectivity index (χ3v) is 9.68. The van der Waals surface area contributed by atoms with E-state index in [2.05, 4.69) is 20.5 Å². The first kappa shape index (κ1) is 32.7. The normalized spacial score (nSPS) is 20.1. The number of halogens is 2. The van der Waals surface area contributed by atoms with Gasteiger partial charge in [-0.3, -0.25) is 19.5 Å². The van der Waals surface area contributed by atoms with Gasteiger partial charge in [0.2, 0.25) is 11.8 Å². The molecule has 1 aromatic heterocycles. The molecular weight excluding hydrogens is 634 g/mol. The molecule has 49 heavy (non-hydrogen) atoms. The van der Waals surface area contributed by atoms with E-state index < -0.39 is 28.9 Å². The lowest BCUT2D eigenvalue weighted by Gasteiger charge is -2.39. The largest absolute Gasteiger partial charge is 0.493 e. The maximum absolute atomic E-state index is 15.4. The second-order valence-electron chi connectivity index (χ2n) is 12.9. The van der Waals surface area contributed by atoms with E-state index in [0.29, 0.717) is 59.0 Å². The summed E-state index contributed by atoms with van der Waals surface area (Å²) in [6, 6.07) is 14.6. The predicted octanol–water partition coefficient (Wildman–Crippen LogP) is 6.55. The summed E-state index contributed by atoms with van der Waals surface area (Å²) in [7, 11) is 1.57. The number of pyridine rings is 1. The molecule has 0 bridgehead atoms. The molecule has 256 valence electrons. The molecule has 4 aromatic rings. The van der Waals surface area contributed by atoms with E-state index in [-0.39, 0.29) is 17.5 Å². The van der Waals surface area contributed by atoms with Crippen molar-refractivity contribution in [3.8, 4) is 23.0 Å². The minimum Gasteiger partial charge on any atom is -0.493 e. The van der Waals surface area contributed by atoms with Crippen LogP contribution in [0, 0.1) is 23.0 Å². The maximum Gasteiger partial charge on any atom is 0.240 e. The van der Waals surface area contributed by atoms with Gasteiger partial charge >= 0.3 is 0 Å². The molecule has 1 saturated heterocycles. The van der Waals surface area contributed by atoms with Crippen molar-refractivity contribution in [1.82, 2.24) is 9.88 Å². The van der Waals surface area contributed by atoms with Crippen LogP contribution in [0.5, 0.6) is 23.0 Å². The average molecular weight is 673 g/mol. The second kappa shape index (κ2) is 14.0. The summed E-state index contributed by atoms with van der Waals surface area (Å²) in [4.78, 5) is 33.3. The molecule has 2 N–H and O–H groups in total. The fourth-order valence-corrected chi connectivity index (χ4v) is 6.62. The van der Waals surface area contributed by atoms with Crippen LogP contribution in [0.1, 0.15) is 32.1 Å². The number of amides is 2. The number of morpholine rings is 1. The molecule has 2 amide bonds. The van der Waals surface area contributed by atoms with E-state index in [1.54, 1.807) is 25.4 Å². The van der Waals surface area contributed by atoms with Gasteiger partial charge in [0.1, 0.15) is 17.0 Å². The molecule has 10 nitrogen and oxygen atoms in total. The van der Waals surface area contributed by atoms with Gasteiger partial charge in [-0.25, -0.2) is 8.78 Å². The van der Waals surface area contributed by atoms with Crippen molar-refractivity contribution in [1.29, 1.82) is 0 Å². The fourth-order valence-electron chi connectivity index (χ4n) is 6.62. The number of fused-ring (bicyclic) bond motifs is 1. The van der Waals surface area contributed by atoms with Gasteiger partial charge in [0.05, 0.1) is 31.9 Å². The van der Waals surface area contributed by atoms with E-state index >= 15 is 4.39 Å². The highest BCUT2D eigenvalue weighted by molar-refractivity contribution is 6.15. The Morgan fingerprint density at radius 1 is 0.898 bits per heavy atom. The molecule has 0 atom stereocenters. The van der Waals surface area contributed by atoms with Crippen molar-refractivity contribution in [2.75, 3.05) is 50.6 Å². The van der Waals surface area contributed by atoms with Gasteiger partial charge in [-0.15, -0.1) is 0 Å². The molecule has 7 rings (SSSR count). The number of nitrogens with one attached hydrogen (secondary N) is 2. The Morgan fingerprint density at radius 3 is 2.29 bits per heavy atom. The Kier molecular flexibility index (Phi) is 9.33. The first-order valence-electron chi connectivity index (χ1n) is 16.6. The van der Waals surface area contributed by atoms with Crippen LogP contribution in [0.15, 0.2) is 66.9 Å². The number of aromatic nitrogens is 1. The van der Waals surface area contributed by atoms with Gasteiger partial charge in [0.15, 0.2) is 23.1 Å². The van der Waals surface area contributed by atoms with E-state index in [1.807, 2.05) is 6.07 Å². The average Bonchev–Trinajstić information content (AvgIpc) is 3.05. The number of ether oxygens (including phenoxy) is 4. The van der Waals surface area contributed by atoms with E-state index in [1.165, 1.54) is 36.4 Å². The monoisotopic (exact) mass is 672 g/mol. The lowest BCUT2D eigenvalue weighted by Crippen LogP contribution is -2.50. The van der Waals surface area contributed by atoms with Crippen LogP contribution in [0.4, 0.5) is 20.2 Å². The highest BCUT2D eigenvalue weighted by atomic mass is 19.1. The highest BCUT2D eigenvalue weighted by Crippen LogP contribution is 2.44. The number of hydrogen-bond acceptors (Lipinski definition) is 8. The summed E-state index contributed by atoms with van der Waals surface area (Å²) in [6.45, 7) is 4.59. The van der Waals surface area contributed by atoms with Crippen molar-refractivity contribution >= 4 is 34.1 Å². The van der Waals surface area contributed by atoms with Crippen LogP contribution in [-0.4, -0.2) is 67.8 Å². The van der Waals surface area contributed by atoms with Gasteiger partial charge in [-0.1, -0.05) is 6.42 Å². The molecule has 3 aliphatic rings. The zero-order chi connectivity index (χ0) is 34.0. The lowest BCUT2D eigenvalue weighted by atomic mass is 9.67. The van der Waals surface area contributed by atoms with E-state index in [0.717, 1.165) is 51.8 Å². The number of anilines is 2. The molecular formula is C37H38F2N4O6. The molecule has 2 aliphatic carbocycles. The van der Waals surface area contributed by atoms with Gasteiger partial charge in [-0.2, -0.15) is 0 Å². The van der Waals surface area contributed by atoms with Crippen molar-refractivity contribution in [3.05, 3.63) is 78.5 Å². The van der Waals surface area contributed by atoms with Gasteiger partial charge < -0.3 is 29.6 Å². The lowest BCUT2D eigenvalue weighted by molar-refractivity contribution is -0.142. The van der Waals surface area contributed by atoms with Crippen LogP contribution in [0.2, 0.25) is 0 Å². The Hall–Kier alpha value is -4.81. The Bertz CT molecular complexity index is 1840. The SMILES string of the molecule is COc1cc2c(Oc3ccc(NC(=O)C4(C(=O)Nc5ccc(F)cc5)CCC4)cc3F)ccnc2cc1OC1CC(CN2CCOCC2)C1. The summed E-state index contributed by atoms with van der Waals surface area (Å²) in [5, 5.41) is 6.00. The zero-order valence-corrected chi connectivity index (χ0v) is 27.2. The molecule has 2 heterocycles. The molecule has 3 fully saturated rings. The third-order valence-electron chi connectivity index (χ3n) is 9.68. The van der Waals surface area contributed by atoms with Gasteiger partial charge in [0, 0.05) is 54.7 Å². The van der Waals surface area contributed by atoms with E-state index in [9.17, 15) is 14.0 Å². The second-order valence-corrected chi connectivity index (χ2v) is 12.9. The molecule has 3 aromatic carbocycles. The van der Waals surface area contributed by atoms with E-state index in [4.69, 9.17) is 18.9 Å². The van der Waals surface area contributed by atoms with Crippen LogP contribution < -0.4 is 24.8 Å². The summed E-state index contributed by atoms with van der Waals surface area (Å²) >= 11 is 0. The minimum atomic E-state index is -1.30. The van der Waals surface area contributed by atoms with Crippen molar-refractivity contribution < 1.29 is 37.3 Å². The quantitative estimate of drug-likeness (QED) is 0.173. The standard InChI is InChI=1S/C37H38F2N4O6/c1-46-33-20-28-30(21-34(33)48-27-17-23(18-27)22-43-13-15-47-16-14-43)40-12-9-31(28)49-32-8-7-26(19-29(32)39)42-36(45)37(10-2-11-37)35(44)41-25-5-3-24(38)4-6-25/h3-9,12,19-21,23,27H,2,10-11,13-18,22H2,1H3,(H,41,44)(H,42,45). The number of nitrogens with zero attached hydrogens (tertiary/aromatic N) is 2. The summed E-state index contributed by atoms with van der Waals surface area (Å²) < 4.78 is 52.1. The highest BCUT2D eigenvalue weighted by Gasteiger charge is 2.51. The van der Waals surface area contributed by atoms with Crippen LogP contribution in [0.3, 0.4) is 0 Å². The first-order chi connectivity index (χ1) is 23.8. The Balaban J connectivity index is 1.00. The summed E-state index contributed by atoms with van der Waals surface area (Å²) in [6.07, 6.45) is 4.99. The van der Waals surface area contributed by atoms with Gasteiger partial charge in [0.25, 0.3) is 0 Å². The van der Waals surface area contributed by atoms with Crippen LogP contribution in [0.25, 0.3) is 10.9 Å². The van der Waals surface area contributed by atoms with Crippen molar-refractivity contribution in [3.63, 3.8) is 0 Å². The summed E-state index contributed by atoms with van der Waals surface area (Å²) in [5.41, 5.74) is -0.135. The molecule has 1 aliphatic heterocycles. The Labute approximate surface area is 282 Å².